The third-order valence-corrected chi connectivity index (χ3v) is 4.13. The zero-order valence-corrected chi connectivity index (χ0v) is 15.7. The normalized spacial score (nSPS) is 10.2. The summed E-state index contributed by atoms with van der Waals surface area (Å²) in [5.41, 5.74) is 1.74. The quantitative estimate of drug-likeness (QED) is 0.563. The van der Waals surface area contributed by atoms with Crippen LogP contribution >= 0.6 is 0 Å². The molecule has 0 aliphatic heterocycles. The van der Waals surface area contributed by atoms with Gasteiger partial charge in [-0.2, -0.15) is 0 Å². The molecule has 0 aliphatic rings. The molecule has 8 nitrogen and oxygen atoms in total. The molecule has 0 radical (unpaired) electrons. The molecule has 0 spiro atoms. The fourth-order valence-corrected chi connectivity index (χ4v) is 2.65. The lowest BCUT2D eigenvalue weighted by molar-refractivity contribution is -0.385. The summed E-state index contributed by atoms with van der Waals surface area (Å²) < 4.78 is 15.5. The molecule has 2 aromatic carbocycles. The molecular weight excluding hydrogens is 352 g/mol. The highest BCUT2D eigenvalue weighted by molar-refractivity contribution is 5.94. The van der Waals surface area contributed by atoms with Crippen molar-refractivity contribution in [3.63, 3.8) is 0 Å². The van der Waals surface area contributed by atoms with Crippen molar-refractivity contribution in [2.45, 2.75) is 13.3 Å². The maximum Gasteiger partial charge on any atom is 0.276 e. The second-order valence-corrected chi connectivity index (χ2v) is 5.78. The Balaban J connectivity index is 2.12. The maximum absolute atomic E-state index is 12.3. The third kappa shape index (κ3) is 4.66. The zero-order valence-electron chi connectivity index (χ0n) is 15.7. The van der Waals surface area contributed by atoms with Gasteiger partial charge in [0.1, 0.15) is 5.75 Å². The van der Waals surface area contributed by atoms with E-state index in [9.17, 15) is 14.9 Å². The minimum atomic E-state index is -0.482. The fraction of sp³-hybridized carbons (Fsp3) is 0.316. The van der Waals surface area contributed by atoms with E-state index in [1.54, 1.807) is 31.4 Å². The number of aryl methyl sites for hydroxylation is 1. The Bertz CT molecular complexity index is 850. The van der Waals surface area contributed by atoms with E-state index in [1.807, 2.05) is 6.92 Å². The average Bonchev–Trinajstić information content (AvgIpc) is 2.67. The Morgan fingerprint density at radius 3 is 2.26 bits per heavy atom. The van der Waals surface area contributed by atoms with Crippen LogP contribution in [0.25, 0.3) is 0 Å². The van der Waals surface area contributed by atoms with Crippen LogP contribution in [-0.2, 0) is 6.42 Å². The summed E-state index contributed by atoms with van der Waals surface area (Å²) in [5, 5.41) is 14.1. The van der Waals surface area contributed by atoms with E-state index < -0.39 is 4.92 Å². The number of hydrogen-bond donors (Lipinski definition) is 1. The molecule has 1 amide bonds. The van der Waals surface area contributed by atoms with Gasteiger partial charge in [0.2, 0.25) is 0 Å². The number of benzene rings is 2. The van der Waals surface area contributed by atoms with Crippen LogP contribution in [0, 0.1) is 17.0 Å². The van der Waals surface area contributed by atoms with Crippen LogP contribution in [0.4, 0.5) is 5.69 Å². The van der Waals surface area contributed by atoms with Crippen LogP contribution < -0.4 is 19.5 Å². The van der Waals surface area contributed by atoms with E-state index in [0.717, 1.165) is 5.56 Å². The first-order valence-corrected chi connectivity index (χ1v) is 8.23. The van der Waals surface area contributed by atoms with Gasteiger partial charge < -0.3 is 19.5 Å². The van der Waals surface area contributed by atoms with Crippen molar-refractivity contribution in [2.75, 3.05) is 27.9 Å². The number of amides is 1. The summed E-state index contributed by atoms with van der Waals surface area (Å²) in [6, 6.07) is 8.03. The van der Waals surface area contributed by atoms with Gasteiger partial charge in [0.25, 0.3) is 11.6 Å². The van der Waals surface area contributed by atoms with Crippen molar-refractivity contribution in [1.82, 2.24) is 5.32 Å². The summed E-state index contributed by atoms with van der Waals surface area (Å²) in [6.45, 7) is 2.11. The Hall–Kier alpha value is -3.29. The number of nitrogens with zero attached hydrogens (tertiary/aromatic N) is 1. The van der Waals surface area contributed by atoms with Crippen LogP contribution in [0.2, 0.25) is 0 Å². The standard InChI is InChI=1S/C19H22N2O6/c1-12-5-6-14(10-16(12)25-2)19(22)20-8-7-13-9-17(26-3)18(27-4)11-15(13)21(23)24/h5-6,9-11H,7-8H2,1-4H3,(H,20,22). The molecule has 144 valence electrons. The number of carbonyl (C=O) groups excluding carboxylic acids is 1. The molecule has 0 atom stereocenters. The highest BCUT2D eigenvalue weighted by atomic mass is 16.6. The predicted octanol–water partition coefficient (Wildman–Crippen LogP) is 2.90. The molecule has 0 saturated carbocycles. The lowest BCUT2D eigenvalue weighted by Gasteiger charge is -2.11. The molecule has 0 aromatic heterocycles. The summed E-state index contributed by atoms with van der Waals surface area (Å²) in [4.78, 5) is 23.1. The molecule has 0 aliphatic carbocycles. The molecule has 0 saturated heterocycles. The molecule has 1 N–H and O–H groups in total. The minimum Gasteiger partial charge on any atom is -0.496 e. The fourth-order valence-electron chi connectivity index (χ4n) is 2.65. The van der Waals surface area contributed by atoms with E-state index >= 15 is 0 Å². The lowest BCUT2D eigenvalue weighted by atomic mass is 10.1. The zero-order chi connectivity index (χ0) is 20.0. The predicted molar refractivity (Wildman–Crippen MR) is 100.0 cm³/mol. The Kier molecular flexibility index (Phi) is 6.59. The molecule has 2 aromatic rings. The van der Waals surface area contributed by atoms with Gasteiger partial charge in [0, 0.05) is 17.7 Å². The largest absolute Gasteiger partial charge is 0.496 e. The van der Waals surface area contributed by atoms with Gasteiger partial charge >= 0.3 is 0 Å². The van der Waals surface area contributed by atoms with Crippen LogP contribution in [0.15, 0.2) is 30.3 Å². The van der Waals surface area contributed by atoms with Gasteiger partial charge in [-0.25, -0.2) is 0 Å². The van der Waals surface area contributed by atoms with Gasteiger partial charge in [-0.1, -0.05) is 6.07 Å². The van der Waals surface area contributed by atoms with Crippen molar-refractivity contribution < 1.29 is 23.9 Å². The number of ether oxygens (including phenoxy) is 3. The van der Waals surface area contributed by atoms with Crippen LogP contribution in [0.5, 0.6) is 17.2 Å². The van der Waals surface area contributed by atoms with Crippen molar-refractivity contribution >= 4 is 11.6 Å². The molecule has 0 fully saturated rings. The monoisotopic (exact) mass is 374 g/mol. The van der Waals surface area contributed by atoms with Gasteiger partial charge in [-0.15, -0.1) is 0 Å². The van der Waals surface area contributed by atoms with Crippen LogP contribution in [0.3, 0.4) is 0 Å². The van der Waals surface area contributed by atoms with E-state index in [-0.39, 0.29) is 30.3 Å². The molecular formula is C19H22N2O6. The Labute approximate surface area is 157 Å². The highest BCUT2D eigenvalue weighted by Crippen LogP contribution is 2.34. The summed E-state index contributed by atoms with van der Waals surface area (Å²) in [5.74, 6) is 1.02. The number of hydrogen-bond acceptors (Lipinski definition) is 6. The third-order valence-electron chi connectivity index (χ3n) is 4.13. The summed E-state index contributed by atoms with van der Waals surface area (Å²) >= 11 is 0. The SMILES string of the molecule is COc1cc(C(=O)NCCc2cc(OC)c(OC)cc2[N+](=O)[O-])ccc1C. The summed E-state index contributed by atoms with van der Waals surface area (Å²) in [7, 11) is 4.41. The first kappa shape index (κ1) is 20.0. The Morgan fingerprint density at radius 1 is 1.04 bits per heavy atom. The van der Waals surface area contributed by atoms with Crippen LogP contribution in [0.1, 0.15) is 21.5 Å². The first-order valence-electron chi connectivity index (χ1n) is 8.23. The molecule has 0 unspecified atom stereocenters. The number of methoxy groups -OCH3 is 3. The lowest BCUT2D eigenvalue weighted by Crippen LogP contribution is -2.26. The molecule has 0 heterocycles. The van der Waals surface area contributed by atoms with Crippen molar-refractivity contribution in [3.8, 4) is 17.2 Å². The average molecular weight is 374 g/mol. The van der Waals surface area contributed by atoms with Crippen molar-refractivity contribution in [2.24, 2.45) is 0 Å². The number of rotatable bonds is 8. The number of nitro benzene ring substituents is 1. The highest BCUT2D eigenvalue weighted by Gasteiger charge is 2.19. The molecule has 0 bridgehead atoms. The second-order valence-electron chi connectivity index (χ2n) is 5.78. The minimum absolute atomic E-state index is 0.0843. The van der Waals surface area contributed by atoms with E-state index in [1.165, 1.54) is 20.3 Å². The molecule has 27 heavy (non-hydrogen) atoms. The van der Waals surface area contributed by atoms with Gasteiger partial charge in [0.15, 0.2) is 11.5 Å². The number of nitro groups is 1. The van der Waals surface area contributed by atoms with Gasteiger partial charge in [-0.3, -0.25) is 14.9 Å². The topological polar surface area (TPSA) is 99.9 Å². The number of nitrogens with one attached hydrogen (secondary N) is 1. The smallest absolute Gasteiger partial charge is 0.276 e. The van der Waals surface area contributed by atoms with E-state index in [0.29, 0.717) is 22.6 Å². The van der Waals surface area contributed by atoms with E-state index in [2.05, 4.69) is 5.32 Å². The maximum atomic E-state index is 12.3. The van der Waals surface area contributed by atoms with Gasteiger partial charge in [0.05, 0.1) is 32.3 Å². The van der Waals surface area contributed by atoms with Crippen molar-refractivity contribution in [1.29, 1.82) is 0 Å². The number of carbonyl (C=O) groups is 1. The second kappa shape index (κ2) is 8.88. The Morgan fingerprint density at radius 2 is 1.67 bits per heavy atom. The molecule has 2 rings (SSSR count). The van der Waals surface area contributed by atoms with Crippen LogP contribution in [-0.4, -0.2) is 38.7 Å². The molecule has 8 heteroatoms. The van der Waals surface area contributed by atoms with Crippen molar-refractivity contribution in [3.05, 3.63) is 57.1 Å². The first-order chi connectivity index (χ1) is 12.9. The summed E-state index contributed by atoms with van der Waals surface area (Å²) in [6.07, 6.45) is 0.269. The van der Waals surface area contributed by atoms with Gasteiger partial charge in [-0.05, 0) is 37.1 Å². The van der Waals surface area contributed by atoms with E-state index in [4.69, 9.17) is 14.2 Å².